The average Bonchev–Trinajstić information content (AvgIpc) is 2.93. The highest BCUT2D eigenvalue weighted by atomic mass is 16.8. The second-order valence-electron chi connectivity index (χ2n) is 7.06. The van der Waals surface area contributed by atoms with Crippen molar-refractivity contribution in [1.82, 2.24) is 0 Å². The first kappa shape index (κ1) is 21.1. The maximum Gasteiger partial charge on any atom is 0.334 e. The Morgan fingerprint density at radius 2 is 1.86 bits per heavy atom. The average molecular weight is 406 g/mol. The van der Waals surface area contributed by atoms with Crippen LogP contribution in [-0.4, -0.2) is 103 Å². The molecule has 3 aliphatic rings. The zero-order valence-electron chi connectivity index (χ0n) is 14.5. The van der Waals surface area contributed by atoms with Gasteiger partial charge in [0.05, 0.1) is 31.0 Å². The Hall–Kier alpha value is -1.64. The number of hydrogen-bond donors (Lipinski definition) is 7. The summed E-state index contributed by atoms with van der Waals surface area (Å²) in [5.74, 6) is -4.56. The largest absolute Gasteiger partial charge is 0.478 e. The summed E-state index contributed by atoms with van der Waals surface area (Å²) in [5.41, 5.74) is -2.64. The van der Waals surface area contributed by atoms with Gasteiger partial charge in [0.2, 0.25) is 6.29 Å². The monoisotopic (exact) mass is 406 g/mol. The SMILES string of the molecule is O=C(O)C1=CO[C@H](O[C@@H]2O[C@H](CO)[C@@H](O)[C@H](O)[C@H]2O)[C@@H]2[C@H]1CC(=O)[C@@]2(O)CO. The molecule has 0 aromatic heterocycles. The molecule has 0 amide bonds. The van der Waals surface area contributed by atoms with E-state index in [-0.39, 0.29) is 12.0 Å². The molecule has 0 aromatic rings. The molecule has 0 bridgehead atoms. The fourth-order valence-electron chi connectivity index (χ4n) is 3.88. The molecule has 28 heavy (non-hydrogen) atoms. The molecule has 12 heteroatoms. The van der Waals surface area contributed by atoms with E-state index in [1.807, 2.05) is 0 Å². The number of hydrogen-bond acceptors (Lipinski definition) is 11. The Morgan fingerprint density at radius 3 is 2.43 bits per heavy atom. The lowest BCUT2D eigenvalue weighted by molar-refractivity contribution is -0.346. The third-order valence-electron chi connectivity index (χ3n) is 5.50. The molecule has 9 atom stereocenters. The van der Waals surface area contributed by atoms with Crippen LogP contribution in [0.3, 0.4) is 0 Å². The Balaban J connectivity index is 1.89. The van der Waals surface area contributed by atoms with Crippen LogP contribution in [0, 0.1) is 11.8 Å². The molecule has 7 N–H and O–H groups in total. The summed E-state index contributed by atoms with van der Waals surface area (Å²) in [7, 11) is 0. The minimum absolute atomic E-state index is 0.295. The molecule has 0 aromatic carbocycles. The second-order valence-corrected chi connectivity index (χ2v) is 7.06. The van der Waals surface area contributed by atoms with E-state index in [9.17, 15) is 45.3 Å². The van der Waals surface area contributed by atoms with Crippen LogP contribution in [0.5, 0.6) is 0 Å². The highest BCUT2D eigenvalue weighted by molar-refractivity contribution is 5.95. The van der Waals surface area contributed by atoms with Gasteiger partial charge in [0.25, 0.3) is 0 Å². The van der Waals surface area contributed by atoms with Crippen LogP contribution in [0.15, 0.2) is 11.8 Å². The van der Waals surface area contributed by atoms with Crippen molar-refractivity contribution < 1.29 is 59.5 Å². The van der Waals surface area contributed by atoms with Crippen LogP contribution < -0.4 is 0 Å². The quantitative estimate of drug-likeness (QED) is 0.234. The topological polar surface area (TPSA) is 203 Å². The summed E-state index contributed by atoms with van der Waals surface area (Å²) in [6, 6.07) is 0. The lowest BCUT2D eigenvalue weighted by Gasteiger charge is -2.43. The summed E-state index contributed by atoms with van der Waals surface area (Å²) in [5, 5.41) is 68.4. The van der Waals surface area contributed by atoms with Gasteiger partial charge in [-0.3, -0.25) is 4.79 Å². The standard InChI is InChI=1S/C16H22O12/c17-2-7-10(20)11(21)12(22)15(27-7)28-14-9-5(6(3-26-14)13(23)24)1-8(19)16(9,25)4-18/h3,5,7,9-12,14-15,17-18,20-22,25H,1-2,4H2,(H,23,24)/t5-,7+,9-,10+,11-,12+,14+,15-,16-/m0/s1. The van der Waals surface area contributed by atoms with Crippen LogP contribution in [0.1, 0.15) is 6.42 Å². The van der Waals surface area contributed by atoms with Crippen LogP contribution in [0.4, 0.5) is 0 Å². The summed E-state index contributed by atoms with van der Waals surface area (Å²) >= 11 is 0. The molecule has 0 spiro atoms. The number of ketones is 1. The summed E-state index contributed by atoms with van der Waals surface area (Å²) in [4.78, 5) is 23.6. The number of carbonyl (C=O) groups excluding carboxylic acids is 1. The van der Waals surface area contributed by atoms with Gasteiger partial charge >= 0.3 is 5.97 Å². The van der Waals surface area contributed by atoms with Crippen molar-refractivity contribution in [2.75, 3.05) is 13.2 Å². The zero-order valence-corrected chi connectivity index (χ0v) is 14.5. The molecule has 12 nitrogen and oxygen atoms in total. The molecule has 3 rings (SSSR count). The number of aliphatic hydroxyl groups excluding tert-OH is 5. The van der Waals surface area contributed by atoms with Crippen molar-refractivity contribution in [3.05, 3.63) is 11.8 Å². The molecular weight excluding hydrogens is 384 g/mol. The number of rotatable bonds is 5. The number of aliphatic carboxylic acids is 1. The van der Waals surface area contributed by atoms with Crippen LogP contribution in [0.2, 0.25) is 0 Å². The molecule has 0 unspecified atom stereocenters. The Bertz CT molecular complexity index is 662. The second kappa shape index (κ2) is 7.65. The lowest BCUT2D eigenvalue weighted by atomic mass is 9.80. The van der Waals surface area contributed by atoms with Crippen molar-refractivity contribution in [2.45, 2.75) is 49.0 Å². The molecule has 1 saturated heterocycles. The third kappa shape index (κ3) is 3.21. The number of aliphatic hydroxyl groups is 6. The molecule has 1 aliphatic carbocycles. The van der Waals surface area contributed by atoms with Gasteiger partial charge in [-0.05, 0) is 0 Å². The Labute approximate surface area is 158 Å². The van der Waals surface area contributed by atoms with Crippen molar-refractivity contribution in [3.8, 4) is 0 Å². The molecular formula is C16H22O12. The Kier molecular flexibility index (Phi) is 5.76. The van der Waals surface area contributed by atoms with Crippen LogP contribution >= 0.6 is 0 Å². The van der Waals surface area contributed by atoms with Crippen molar-refractivity contribution in [1.29, 1.82) is 0 Å². The number of Topliss-reactive ketones (excluding diaryl/α,β-unsaturated/α-hetero) is 1. The number of ether oxygens (including phenoxy) is 3. The Morgan fingerprint density at radius 1 is 1.18 bits per heavy atom. The van der Waals surface area contributed by atoms with E-state index < -0.39 is 79.4 Å². The first-order valence-electron chi connectivity index (χ1n) is 8.57. The highest BCUT2D eigenvalue weighted by Gasteiger charge is 2.62. The predicted molar refractivity (Wildman–Crippen MR) is 84.1 cm³/mol. The fraction of sp³-hybridized carbons (Fsp3) is 0.750. The number of fused-ring (bicyclic) bond motifs is 1. The maximum atomic E-state index is 12.2. The van der Waals surface area contributed by atoms with Gasteiger partial charge in [0, 0.05) is 12.3 Å². The van der Waals surface area contributed by atoms with E-state index in [4.69, 9.17) is 14.2 Å². The van der Waals surface area contributed by atoms with E-state index in [1.54, 1.807) is 0 Å². The normalized spacial score (nSPS) is 45.9. The summed E-state index contributed by atoms with van der Waals surface area (Å²) in [6.07, 6.45) is -9.11. The zero-order chi connectivity index (χ0) is 20.8. The number of carboxylic acid groups (broad SMARTS) is 1. The van der Waals surface area contributed by atoms with Gasteiger partial charge < -0.3 is 50.0 Å². The minimum atomic E-state index is -2.35. The van der Waals surface area contributed by atoms with Gasteiger partial charge in [-0.2, -0.15) is 0 Å². The molecule has 2 fully saturated rings. The van der Waals surface area contributed by atoms with E-state index in [0.717, 1.165) is 6.26 Å². The number of carboxylic acids is 1. The predicted octanol–water partition coefficient (Wildman–Crippen LogP) is -3.94. The summed E-state index contributed by atoms with van der Waals surface area (Å²) in [6.45, 7) is -1.72. The molecule has 2 aliphatic heterocycles. The molecule has 1 saturated carbocycles. The van der Waals surface area contributed by atoms with Crippen LogP contribution in [0.25, 0.3) is 0 Å². The van der Waals surface area contributed by atoms with E-state index in [2.05, 4.69) is 0 Å². The van der Waals surface area contributed by atoms with Gasteiger partial charge in [-0.15, -0.1) is 0 Å². The van der Waals surface area contributed by atoms with E-state index >= 15 is 0 Å². The molecule has 0 radical (unpaired) electrons. The number of carbonyl (C=O) groups is 2. The van der Waals surface area contributed by atoms with Crippen molar-refractivity contribution >= 4 is 11.8 Å². The van der Waals surface area contributed by atoms with E-state index in [1.165, 1.54) is 0 Å². The van der Waals surface area contributed by atoms with Crippen molar-refractivity contribution in [2.24, 2.45) is 11.8 Å². The molecule has 158 valence electrons. The van der Waals surface area contributed by atoms with Crippen LogP contribution in [-0.2, 0) is 23.8 Å². The van der Waals surface area contributed by atoms with Gasteiger partial charge in [-0.1, -0.05) is 0 Å². The van der Waals surface area contributed by atoms with Gasteiger partial charge in [0.15, 0.2) is 17.7 Å². The summed E-state index contributed by atoms with van der Waals surface area (Å²) < 4.78 is 15.9. The maximum absolute atomic E-state index is 12.2. The molecule has 2 heterocycles. The first-order chi connectivity index (χ1) is 13.2. The third-order valence-corrected chi connectivity index (χ3v) is 5.50. The van der Waals surface area contributed by atoms with Gasteiger partial charge in [-0.25, -0.2) is 4.79 Å². The smallest absolute Gasteiger partial charge is 0.334 e. The lowest BCUT2D eigenvalue weighted by Crippen LogP contribution is -2.61. The fourth-order valence-corrected chi connectivity index (χ4v) is 3.88. The van der Waals surface area contributed by atoms with Crippen molar-refractivity contribution in [3.63, 3.8) is 0 Å². The first-order valence-corrected chi connectivity index (χ1v) is 8.57. The minimum Gasteiger partial charge on any atom is -0.478 e. The highest BCUT2D eigenvalue weighted by Crippen LogP contribution is 2.47. The van der Waals surface area contributed by atoms with E-state index in [0.29, 0.717) is 0 Å². The van der Waals surface area contributed by atoms with Gasteiger partial charge in [0.1, 0.15) is 24.4 Å².